The van der Waals surface area contributed by atoms with Crippen LogP contribution in [0.1, 0.15) is 11.1 Å². The Morgan fingerprint density at radius 2 is 0.509 bits per heavy atom. The molecule has 24 rings (SSSR count). The van der Waals surface area contributed by atoms with Gasteiger partial charge in [0.05, 0.1) is 56.7 Å². The van der Waals surface area contributed by atoms with Crippen molar-refractivity contribution in [3.63, 3.8) is 0 Å². The number of hydrogen-bond donors (Lipinski definition) is 0. The molecule has 0 amide bonds. The van der Waals surface area contributed by atoms with Crippen molar-refractivity contribution in [1.82, 2.24) is 14.1 Å². The third kappa shape index (κ3) is 9.71. The molecule has 0 saturated carbocycles. The SMILES string of the molecule is N#Cc1ccc2c3c1ccc1c(-c4ccc(-c5cc6ccc7cc(-c8ccc9ccccc9c8)cc8ccc(c5)c6c78)cc4)ccc(c13)n2-c1ccccc1.N#Cc1ccc2c3c1ccc1c(-c4ccc(-c5cc6ccc7cc(-c8cccc(-c9ccccc9)n8)cc8ccc(c5)c6c78)cc4)ccc(c13)n2-c1ccccc1. The lowest BCUT2D eigenvalue weighted by Crippen LogP contribution is -1.93. The first kappa shape index (κ1) is 62.9. The van der Waals surface area contributed by atoms with E-state index in [1.54, 1.807) is 0 Å². The summed E-state index contributed by atoms with van der Waals surface area (Å²) in [5.41, 5.74) is 24.3. The summed E-state index contributed by atoms with van der Waals surface area (Å²) < 4.78 is 4.65. The van der Waals surface area contributed by atoms with E-state index >= 15 is 0 Å². The number of hydrogen-bond acceptors (Lipinski definition) is 3. The lowest BCUT2D eigenvalue weighted by Gasteiger charge is -2.15. The molecule has 0 unspecified atom stereocenters. The van der Waals surface area contributed by atoms with Crippen molar-refractivity contribution in [2.45, 2.75) is 0 Å². The molecule has 3 heterocycles. The van der Waals surface area contributed by atoms with Crippen LogP contribution in [-0.2, 0) is 0 Å². The van der Waals surface area contributed by atoms with E-state index in [-0.39, 0.29) is 0 Å². The number of benzene rings is 21. The molecular formula is C107H61N5. The van der Waals surface area contributed by atoms with Crippen LogP contribution in [0.5, 0.6) is 0 Å². The summed E-state index contributed by atoms with van der Waals surface area (Å²) in [4.78, 5) is 5.06. The molecule has 0 atom stereocenters. The Bertz CT molecular complexity index is 7900. The summed E-state index contributed by atoms with van der Waals surface area (Å²) >= 11 is 0. The van der Waals surface area contributed by atoms with Crippen LogP contribution in [0.15, 0.2) is 370 Å². The highest BCUT2D eigenvalue weighted by Crippen LogP contribution is 2.48. The Balaban J connectivity index is 0.000000134. The zero-order valence-corrected chi connectivity index (χ0v) is 60.5. The quantitative estimate of drug-likeness (QED) is 0.135. The average molecular weight is 1420 g/mol. The zero-order valence-electron chi connectivity index (χ0n) is 60.5. The summed E-state index contributed by atoms with van der Waals surface area (Å²) in [7, 11) is 0. The maximum atomic E-state index is 10.0. The molecule has 0 aliphatic carbocycles. The van der Waals surface area contributed by atoms with Gasteiger partial charge in [0.25, 0.3) is 0 Å². The van der Waals surface area contributed by atoms with Gasteiger partial charge in [0.2, 0.25) is 0 Å². The Kier molecular flexibility index (Phi) is 13.8. The van der Waals surface area contributed by atoms with E-state index < -0.39 is 0 Å². The van der Waals surface area contributed by atoms with Gasteiger partial charge in [-0.1, -0.05) is 243 Å². The first-order valence-corrected chi connectivity index (χ1v) is 38.1. The van der Waals surface area contributed by atoms with Crippen molar-refractivity contribution >= 4 is 141 Å². The van der Waals surface area contributed by atoms with Gasteiger partial charge < -0.3 is 9.13 Å². The molecule has 0 saturated heterocycles. The molecule has 0 aliphatic rings. The third-order valence-corrected chi connectivity index (χ3v) is 23.8. The van der Waals surface area contributed by atoms with Crippen molar-refractivity contribution in [2.24, 2.45) is 0 Å². The molecule has 0 fully saturated rings. The molecule has 112 heavy (non-hydrogen) atoms. The van der Waals surface area contributed by atoms with Crippen LogP contribution < -0.4 is 0 Å². The van der Waals surface area contributed by atoms with Gasteiger partial charge in [0.1, 0.15) is 0 Å². The molecule has 0 bridgehead atoms. The Morgan fingerprint density at radius 3 is 0.929 bits per heavy atom. The molecule has 514 valence electrons. The molecule has 3 aromatic heterocycles. The second-order valence-electron chi connectivity index (χ2n) is 29.9. The number of pyridine rings is 1. The van der Waals surface area contributed by atoms with E-state index in [9.17, 15) is 10.5 Å². The van der Waals surface area contributed by atoms with Gasteiger partial charge >= 0.3 is 0 Å². The van der Waals surface area contributed by atoms with E-state index in [1.807, 2.05) is 30.3 Å². The van der Waals surface area contributed by atoms with Gasteiger partial charge in [-0.2, -0.15) is 10.5 Å². The largest absolute Gasteiger partial charge is 0.309 e. The smallest absolute Gasteiger partial charge is 0.0998 e. The first-order chi connectivity index (χ1) is 55.4. The fourth-order valence-corrected chi connectivity index (χ4v) is 18.7. The second-order valence-corrected chi connectivity index (χ2v) is 29.9. The van der Waals surface area contributed by atoms with Gasteiger partial charge in [-0.05, 0) is 269 Å². The fraction of sp³-hybridized carbons (Fsp3) is 0. The highest BCUT2D eigenvalue weighted by molar-refractivity contribution is 6.30. The number of rotatable bonds is 9. The number of fused-ring (bicyclic) bond motifs is 1. The van der Waals surface area contributed by atoms with Crippen LogP contribution in [0.25, 0.3) is 230 Å². The highest BCUT2D eigenvalue weighted by atomic mass is 15.0. The maximum Gasteiger partial charge on any atom is 0.0998 e. The summed E-state index contributed by atoms with van der Waals surface area (Å²) in [5.74, 6) is 0. The number of nitriles is 2. The predicted octanol–water partition coefficient (Wildman–Crippen LogP) is 28.5. The van der Waals surface area contributed by atoms with Crippen LogP contribution in [0.3, 0.4) is 0 Å². The van der Waals surface area contributed by atoms with E-state index in [2.05, 4.69) is 361 Å². The van der Waals surface area contributed by atoms with Crippen molar-refractivity contribution in [3.05, 3.63) is 381 Å². The topological polar surface area (TPSA) is 70.3 Å². The molecular weight excluding hydrogens is 1360 g/mol. The van der Waals surface area contributed by atoms with Gasteiger partial charge in [0.15, 0.2) is 0 Å². The Labute approximate surface area is 643 Å². The third-order valence-electron chi connectivity index (χ3n) is 23.8. The Hall–Kier alpha value is -15.3. The minimum Gasteiger partial charge on any atom is -0.309 e. The average Bonchev–Trinajstić information content (AvgIpc) is 1.63. The highest BCUT2D eigenvalue weighted by Gasteiger charge is 2.24. The number of nitrogens with zero attached hydrogens (tertiary/aromatic N) is 5. The van der Waals surface area contributed by atoms with Crippen molar-refractivity contribution < 1.29 is 0 Å². The van der Waals surface area contributed by atoms with Crippen molar-refractivity contribution in [3.8, 4) is 102 Å². The van der Waals surface area contributed by atoms with Crippen LogP contribution in [0, 0.1) is 22.7 Å². The van der Waals surface area contributed by atoms with E-state index in [0.29, 0.717) is 11.1 Å². The number of para-hydroxylation sites is 2. The standard InChI is InChI=1S/C54H31N3.C53H30N2/c55-32-40-22-26-49-53-45(40)23-24-46-44(25-27-50(54(46)53)57(49)43-10-5-2-6-11-43)34-16-14-33(15-17-34)41-28-36-18-20-38-30-42(31-39-21-19-37(29-41)51(36)52(38)39)48-13-7-12-47(56-48)35-8-3-1-4-9-35;54-31-41-20-24-48-52-46(41)21-22-47-45(23-25-49(53(47)52)55(48)44-8-2-1-3-9-44)34-13-10-33(11-14-34)42-27-37-16-18-39-29-43(30-40-19-17-38(28-42)50(37)51(39)40)36-15-12-32-6-4-5-7-35(32)26-36/h1-31H;1-30H. The number of aromatic nitrogens is 3. The van der Waals surface area contributed by atoms with Crippen LogP contribution in [0.2, 0.25) is 0 Å². The van der Waals surface area contributed by atoms with Gasteiger partial charge in [-0.25, -0.2) is 4.98 Å². The van der Waals surface area contributed by atoms with Gasteiger partial charge in [0, 0.05) is 54.8 Å². The summed E-state index contributed by atoms with van der Waals surface area (Å²) in [5, 5.41) is 46.8. The van der Waals surface area contributed by atoms with Gasteiger partial charge in [-0.15, -0.1) is 0 Å². The van der Waals surface area contributed by atoms with Crippen molar-refractivity contribution in [1.29, 1.82) is 10.5 Å². The monoisotopic (exact) mass is 1420 g/mol. The van der Waals surface area contributed by atoms with Crippen LogP contribution >= 0.6 is 0 Å². The molecule has 0 aliphatic heterocycles. The summed E-state index contributed by atoms with van der Waals surface area (Å²) in [6.07, 6.45) is 0. The normalized spacial score (nSPS) is 11.9. The molecule has 21 aromatic carbocycles. The van der Waals surface area contributed by atoms with E-state index in [1.165, 1.54) is 147 Å². The van der Waals surface area contributed by atoms with Crippen LogP contribution in [-0.4, -0.2) is 14.1 Å². The van der Waals surface area contributed by atoms with E-state index in [4.69, 9.17) is 4.98 Å². The lowest BCUT2D eigenvalue weighted by molar-refractivity contribution is 1.18. The second kappa shape index (κ2) is 24.6. The minimum absolute atomic E-state index is 0.701. The maximum absolute atomic E-state index is 10.0. The zero-order chi connectivity index (χ0) is 73.8. The first-order valence-electron chi connectivity index (χ1n) is 38.1. The van der Waals surface area contributed by atoms with Crippen LogP contribution in [0.4, 0.5) is 0 Å². The Morgan fingerprint density at radius 1 is 0.196 bits per heavy atom. The molecule has 0 N–H and O–H groups in total. The molecule has 0 spiro atoms. The molecule has 0 radical (unpaired) electrons. The van der Waals surface area contributed by atoms with E-state index in [0.717, 1.165) is 83.1 Å². The minimum atomic E-state index is 0.701. The summed E-state index contributed by atoms with van der Waals surface area (Å²) in [6.45, 7) is 0. The molecule has 24 aromatic rings. The molecule has 5 nitrogen and oxygen atoms in total. The van der Waals surface area contributed by atoms with Crippen molar-refractivity contribution in [2.75, 3.05) is 0 Å². The predicted molar refractivity (Wildman–Crippen MR) is 469 cm³/mol. The van der Waals surface area contributed by atoms with Gasteiger partial charge in [-0.3, -0.25) is 0 Å². The summed E-state index contributed by atoms with van der Waals surface area (Å²) in [6, 6.07) is 138. The fourth-order valence-electron chi connectivity index (χ4n) is 18.7. The molecule has 5 heteroatoms. The lowest BCUT2D eigenvalue weighted by atomic mass is 9.89.